The Labute approximate surface area is 152 Å². The third-order valence-corrected chi connectivity index (χ3v) is 8.10. The minimum atomic E-state index is 0.842. The van der Waals surface area contributed by atoms with Crippen LogP contribution < -0.4 is 0 Å². The summed E-state index contributed by atoms with van der Waals surface area (Å²) >= 11 is 16.9. The topological polar surface area (TPSA) is 24.7 Å². The van der Waals surface area contributed by atoms with Gasteiger partial charge in [0, 0.05) is 18.8 Å². The molecule has 2 aromatic carbocycles. The first kappa shape index (κ1) is 14.7. The molecule has 0 saturated carbocycles. The van der Waals surface area contributed by atoms with Gasteiger partial charge in [0.15, 0.2) is 0 Å². The normalized spacial score (nSPS) is 11.8. The Bertz CT molecular complexity index is 1040. The van der Waals surface area contributed by atoms with Crippen LogP contribution in [0.5, 0.6) is 0 Å². The number of rotatable bonds is 2. The molecule has 0 amide bonds. The average molecular weight is 395 g/mol. The monoisotopic (exact) mass is 394 g/mol. The maximum Gasteiger partial charge on any atom is 0.144 e. The van der Waals surface area contributed by atoms with E-state index in [9.17, 15) is 0 Å². The molecule has 0 aliphatic carbocycles. The van der Waals surface area contributed by atoms with Gasteiger partial charge in [-0.3, -0.25) is 0 Å². The number of nitrogens with zero attached hydrogens (tertiary/aromatic N) is 2. The fourth-order valence-corrected chi connectivity index (χ4v) is 6.96. The van der Waals surface area contributed by atoms with Crippen molar-refractivity contribution in [3.05, 3.63) is 42.7 Å². The van der Waals surface area contributed by atoms with E-state index in [0.717, 1.165) is 27.0 Å². The van der Waals surface area contributed by atoms with Gasteiger partial charge in [-0.1, -0.05) is 24.4 Å². The van der Waals surface area contributed by atoms with Crippen molar-refractivity contribution in [3.8, 4) is 0 Å². The number of hydrogen-bond donors (Lipinski definition) is 0. The molecule has 0 fully saturated rings. The van der Waals surface area contributed by atoms with Crippen LogP contribution in [0, 0.1) is 6.28 Å². The molecule has 4 aromatic rings. The van der Waals surface area contributed by atoms with Crippen molar-refractivity contribution < 1.29 is 0 Å². The van der Waals surface area contributed by atoms with E-state index >= 15 is 0 Å². The molecular formula is C14H6N2S6. The van der Waals surface area contributed by atoms with Gasteiger partial charge in [0.1, 0.15) is 6.28 Å². The Morgan fingerprint density at radius 2 is 1.00 bits per heavy atom. The zero-order valence-corrected chi connectivity index (χ0v) is 15.7. The van der Waals surface area contributed by atoms with Crippen molar-refractivity contribution in [2.45, 2.75) is 0 Å². The predicted molar refractivity (Wildman–Crippen MR) is 105 cm³/mol. The summed E-state index contributed by atoms with van der Waals surface area (Å²) in [5.74, 6) is 0. The standard InChI is InChI=1S/C14H6N2S6/c17-13-19-9-3-1-7(5-11(9)21-13)15-16-8-2-4-10-12(6-8)22-14(18)20-10/h1-6H. The molecule has 0 N–H and O–H groups in total. The summed E-state index contributed by atoms with van der Waals surface area (Å²) in [4.78, 5) is 0. The fraction of sp³-hybridized carbons (Fsp3) is 0. The molecule has 2 heterocycles. The number of hydrogen-bond acceptors (Lipinski definition) is 8. The van der Waals surface area contributed by atoms with Crippen LogP contribution in [0.25, 0.3) is 18.8 Å². The van der Waals surface area contributed by atoms with Gasteiger partial charge < -0.3 is 0 Å². The second-order valence-corrected chi connectivity index (χ2v) is 10.9. The van der Waals surface area contributed by atoms with Crippen molar-refractivity contribution in [2.75, 3.05) is 0 Å². The van der Waals surface area contributed by atoms with Crippen molar-refractivity contribution in [2.24, 2.45) is 10.2 Å². The van der Waals surface area contributed by atoms with Crippen molar-refractivity contribution in [3.63, 3.8) is 0 Å². The molecule has 0 aliphatic rings. The Kier molecular flexibility index (Phi) is 3.97. The van der Waals surface area contributed by atoms with E-state index in [-0.39, 0.29) is 0 Å². The summed E-state index contributed by atoms with van der Waals surface area (Å²) in [6, 6.07) is 12.1. The van der Waals surface area contributed by atoms with Gasteiger partial charge >= 0.3 is 0 Å². The van der Waals surface area contributed by atoms with Crippen LogP contribution in [0.1, 0.15) is 0 Å². The summed E-state index contributed by atoms with van der Waals surface area (Å²) in [6.07, 6.45) is 0. The van der Waals surface area contributed by atoms with Crippen LogP contribution in [0.2, 0.25) is 0 Å². The van der Waals surface area contributed by atoms with Crippen molar-refractivity contribution >= 4 is 100.0 Å². The Balaban J connectivity index is 1.70. The van der Waals surface area contributed by atoms with Crippen molar-refractivity contribution in [1.29, 1.82) is 0 Å². The molecule has 2 nitrogen and oxygen atoms in total. The molecule has 0 atom stereocenters. The number of fused-ring (bicyclic) bond motifs is 2. The molecule has 8 heteroatoms. The molecule has 4 rings (SSSR count). The van der Waals surface area contributed by atoms with Crippen LogP contribution in [0.4, 0.5) is 11.4 Å². The molecular weight excluding hydrogens is 389 g/mol. The Morgan fingerprint density at radius 3 is 1.45 bits per heavy atom. The van der Waals surface area contributed by atoms with Gasteiger partial charge in [0.05, 0.1) is 11.4 Å². The summed E-state index contributed by atoms with van der Waals surface area (Å²) in [6.45, 7) is 0. The number of benzene rings is 2. The zero-order chi connectivity index (χ0) is 15.1. The zero-order valence-electron chi connectivity index (χ0n) is 10.8. The van der Waals surface area contributed by atoms with E-state index in [1.807, 2.05) is 36.4 Å². The van der Waals surface area contributed by atoms with Crippen LogP contribution in [-0.2, 0) is 0 Å². The molecule has 0 aliphatic heterocycles. The van der Waals surface area contributed by atoms with Gasteiger partial charge in [-0.2, -0.15) is 10.2 Å². The quantitative estimate of drug-likeness (QED) is 0.253. The third kappa shape index (κ3) is 2.94. The van der Waals surface area contributed by atoms with Crippen LogP contribution >= 0.6 is 69.8 Å². The highest BCUT2D eigenvalue weighted by Gasteiger charge is 2.01. The third-order valence-electron chi connectivity index (χ3n) is 2.91. The van der Waals surface area contributed by atoms with E-state index in [0.29, 0.717) is 0 Å². The first-order valence-corrected chi connectivity index (χ1v) is 10.2. The van der Waals surface area contributed by atoms with Gasteiger partial charge in [-0.15, -0.1) is 45.3 Å². The highest BCUT2D eigenvalue weighted by molar-refractivity contribution is 7.77. The molecule has 2 aromatic heterocycles. The lowest BCUT2D eigenvalue weighted by atomic mass is 10.3. The number of azo groups is 1. The minimum Gasteiger partial charge on any atom is -0.151 e. The van der Waals surface area contributed by atoms with Gasteiger partial charge in [-0.05, 0) is 36.4 Å². The lowest BCUT2D eigenvalue weighted by Crippen LogP contribution is -1.65. The van der Waals surface area contributed by atoms with E-state index < -0.39 is 0 Å². The summed E-state index contributed by atoms with van der Waals surface area (Å²) < 4.78 is 6.61. The molecule has 0 unspecified atom stereocenters. The highest BCUT2D eigenvalue weighted by atomic mass is 32.2. The Morgan fingerprint density at radius 1 is 0.591 bits per heavy atom. The van der Waals surface area contributed by atoms with E-state index in [1.165, 1.54) is 9.40 Å². The fourth-order valence-electron chi connectivity index (χ4n) is 1.96. The first-order chi connectivity index (χ1) is 10.7. The SMILES string of the molecule is S=c1sc2ccc(N=Nc3ccc4sc(=S)sc4c3)cc2s1. The lowest BCUT2D eigenvalue weighted by Gasteiger charge is -1.94. The van der Waals surface area contributed by atoms with E-state index in [2.05, 4.69) is 10.2 Å². The summed E-state index contributed by atoms with van der Waals surface area (Å²) in [5.41, 5.74) is 1.68. The lowest BCUT2D eigenvalue weighted by molar-refractivity contribution is 1.24. The molecule has 0 radical (unpaired) electrons. The first-order valence-electron chi connectivity index (χ1n) is 6.16. The van der Waals surface area contributed by atoms with Gasteiger partial charge in [-0.25, -0.2) is 0 Å². The highest BCUT2D eigenvalue weighted by Crippen LogP contribution is 2.33. The molecule has 0 saturated heterocycles. The van der Waals surface area contributed by atoms with Gasteiger partial charge in [0.25, 0.3) is 0 Å². The summed E-state index contributed by atoms with van der Waals surface area (Å²) in [7, 11) is 0. The summed E-state index contributed by atoms with van der Waals surface area (Å²) in [5, 5.41) is 8.67. The van der Waals surface area contributed by atoms with Crippen molar-refractivity contribution in [1.82, 2.24) is 0 Å². The smallest absolute Gasteiger partial charge is 0.144 e. The van der Waals surface area contributed by atoms with Crippen LogP contribution in [0.3, 0.4) is 0 Å². The van der Waals surface area contributed by atoms with Crippen LogP contribution in [-0.4, -0.2) is 0 Å². The second-order valence-electron chi connectivity index (χ2n) is 4.37. The minimum absolute atomic E-state index is 0.842. The molecule has 0 spiro atoms. The predicted octanol–water partition coefficient (Wildman–Crippen LogP) is 8.11. The maximum absolute atomic E-state index is 5.22. The molecule has 0 bridgehead atoms. The largest absolute Gasteiger partial charge is 0.151 e. The second kappa shape index (κ2) is 5.95. The average Bonchev–Trinajstić information content (AvgIpc) is 3.04. The van der Waals surface area contributed by atoms with Gasteiger partial charge in [0.2, 0.25) is 0 Å². The Hall–Kier alpha value is -0.900. The maximum atomic E-state index is 5.22. The molecule has 22 heavy (non-hydrogen) atoms. The molecule has 108 valence electrons. The van der Waals surface area contributed by atoms with E-state index in [4.69, 9.17) is 24.4 Å². The van der Waals surface area contributed by atoms with Crippen LogP contribution in [0.15, 0.2) is 46.6 Å². The van der Waals surface area contributed by atoms with E-state index in [1.54, 1.807) is 45.3 Å².